The quantitative estimate of drug-likeness (QED) is 0.185. The first-order chi connectivity index (χ1) is 23.3. The fourth-order valence-electron chi connectivity index (χ4n) is 6.44. The Bertz CT molecular complexity index is 2480. The summed E-state index contributed by atoms with van der Waals surface area (Å²) in [6.45, 7) is 0. The third kappa shape index (κ3) is 4.87. The van der Waals surface area contributed by atoms with Crippen LogP contribution in [0.15, 0.2) is 174 Å². The van der Waals surface area contributed by atoms with Crippen molar-refractivity contribution in [1.29, 1.82) is 0 Å². The molecule has 47 heavy (non-hydrogen) atoms. The van der Waals surface area contributed by atoms with E-state index in [1.54, 1.807) is 0 Å². The number of thiophene rings is 1. The van der Waals surface area contributed by atoms with Crippen LogP contribution >= 0.6 is 11.3 Å². The number of benzene rings is 7. The number of fused-ring (bicyclic) bond motifs is 5. The Morgan fingerprint density at radius 3 is 1.70 bits per heavy atom. The fraction of sp³-hybridized carbons (Fsp3) is 0. The maximum Gasteiger partial charge on any atom is 0.227 e. The van der Waals surface area contributed by atoms with Crippen LogP contribution in [0.1, 0.15) is 0 Å². The molecule has 2 aromatic heterocycles. The van der Waals surface area contributed by atoms with E-state index in [9.17, 15) is 0 Å². The highest BCUT2D eigenvalue weighted by Gasteiger charge is 2.20. The van der Waals surface area contributed by atoms with Crippen molar-refractivity contribution >= 4 is 59.7 Å². The van der Waals surface area contributed by atoms with E-state index in [4.69, 9.17) is 9.40 Å². The Balaban J connectivity index is 1.16. The van der Waals surface area contributed by atoms with E-state index in [-0.39, 0.29) is 0 Å². The maximum absolute atomic E-state index is 6.45. The molecule has 222 valence electrons. The predicted octanol–water partition coefficient (Wildman–Crippen LogP) is 12.7. The van der Waals surface area contributed by atoms with Crippen LogP contribution in [0, 0.1) is 0 Å². The number of hydrogen-bond donors (Lipinski definition) is 0. The zero-order valence-electron chi connectivity index (χ0n) is 25.4. The van der Waals surface area contributed by atoms with E-state index in [0.29, 0.717) is 5.89 Å². The summed E-state index contributed by atoms with van der Waals surface area (Å²) in [5.41, 5.74) is 10.7. The lowest BCUT2D eigenvalue weighted by Crippen LogP contribution is -2.09. The van der Waals surface area contributed by atoms with Crippen molar-refractivity contribution in [3.05, 3.63) is 170 Å². The molecule has 0 spiro atoms. The van der Waals surface area contributed by atoms with Gasteiger partial charge in [-0.1, -0.05) is 109 Å². The van der Waals surface area contributed by atoms with Crippen molar-refractivity contribution in [1.82, 2.24) is 4.98 Å². The van der Waals surface area contributed by atoms with Crippen LogP contribution in [-0.2, 0) is 0 Å². The molecule has 0 bridgehead atoms. The van der Waals surface area contributed by atoms with Crippen LogP contribution in [0.25, 0.3) is 65.0 Å². The molecule has 7 aromatic carbocycles. The van der Waals surface area contributed by atoms with Crippen molar-refractivity contribution < 1.29 is 4.42 Å². The van der Waals surface area contributed by atoms with Gasteiger partial charge in [0.2, 0.25) is 5.89 Å². The van der Waals surface area contributed by atoms with Crippen LogP contribution in [0.2, 0.25) is 0 Å². The molecule has 0 amide bonds. The average molecular weight is 621 g/mol. The van der Waals surface area contributed by atoms with Gasteiger partial charge in [0, 0.05) is 48.4 Å². The molecular weight excluding hydrogens is 593 g/mol. The summed E-state index contributed by atoms with van der Waals surface area (Å²) in [5, 5.41) is 2.36. The molecule has 0 unspecified atom stereocenters. The third-order valence-corrected chi connectivity index (χ3v) is 9.91. The van der Waals surface area contributed by atoms with Crippen LogP contribution < -0.4 is 4.90 Å². The molecule has 0 radical (unpaired) electrons. The van der Waals surface area contributed by atoms with Gasteiger partial charge in [-0.05, 0) is 77.4 Å². The topological polar surface area (TPSA) is 29.3 Å². The Hall–Kier alpha value is -5.97. The van der Waals surface area contributed by atoms with Crippen LogP contribution in [-0.4, -0.2) is 4.98 Å². The summed E-state index contributed by atoms with van der Waals surface area (Å²) in [6.07, 6.45) is 0. The number of nitrogens with zero attached hydrogens (tertiary/aromatic N) is 2. The molecule has 0 aliphatic carbocycles. The first kappa shape index (κ1) is 27.3. The molecule has 0 saturated carbocycles. The summed E-state index contributed by atoms with van der Waals surface area (Å²) in [6, 6.07) is 59.6. The van der Waals surface area contributed by atoms with Crippen molar-refractivity contribution in [2.45, 2.75) is 0 Å². The largest absolute Gasteiger partial charge is 0.436 e. The van der Waals surface area contributed by atoms with Gasteiger partial charge in [0.1, 0.15) is 5.52 Å². The lowest BCUT2D eigenvalue weighted by molar-refractivity contribution is 0.620. The minimum absolute atomic E-state index is 0.640. The van der Waals surface area contributed by atoms with Gasteiger partial charge >= 0.3 is 0 Å². The smallest absolute Gasteiger partial charge is 0.227 e. The molecule has 0 fully saturated rings. The lowest BCUT2D eigenvalue weighted by Gasteiger charge is -2.26. The summed E-state index contributed by atoms with van der Waals surface area (Å²) in [5.74, 6) is 0.640. The SMILES string of the molecule is c1ccc(-c2ccc(N(c3ccccc3)c3ccc(-c4cc5oc(-c6ccccc6)nc5c5c4sc4ccccc45)cc3)cc2)cc1. The first-order valence-corrected chi connectivity index (χ1v) is 16.5. The highest BCUT2D eigenvalue weighted by Crippen LogP contribution is 2.45. The Morgan fingerprint density at radius 1 is 0.489 bits per heavy atom. The average Bonchev–Trinajstić information content (AvgIpc) is 3.75. The van der Waals surface area contributed by atoms with E-state index in [1.807, 2.05) is 41.7 Å². The molecule has 0 saturated heterocycles. The van der Waals surface area contributed by atoms with E-state index < -0.39 is 0 Å². The van der Waals surface area contributed by atoms with Crippen LogP contribution in [0.5, 0.6) is 0 Å². The Morgan fingerprint density at radius 2 is 1.02 bits per heavy atom. The lowest BCUT2D eigenvalue weighted by atomic mass is 10.0. The van der Waals surface area contributed by atoms with E-state index >= 15 is 0 Å². The molecule has 0 atom stereocenters. The standard InChI is InChI=1S/C43H28N2OS/c1-4-12-29(13-5-1)30-20-24-34(25-21-30)45(33-16-8-3-9-17-33)35-26-22-31(23-27-35)37-28-38-41(44-43(46-38)32-14-6-2-7-15-32)40-36-18-10-11-19-39(36)47-42(37)40/h1-28H. The van der Waals surface area contributed by atoms with Crippen molar-refractivity contribution in [2.24, 2.45) is 0 Å². The molecule has 0 aliphatic rings. The van der Waals surface area contributed by atoms with Gasteiger partial charge in [0.15, 0.2) is 5.58 Å². The third-order valence-electron chi connectivity index (χ3n) is 8.71. The molecule has 3 nitrogen and oxygen atoms in total. The predicted molar refractivity (Wildman–Crippen MR) is 198 cm³/mol. The highest BCUT2D eigenvalue weighted by molar-refractivity contribution is 7.26. The Labute approximate surface area is 276 Å². The molecule has 9 aromatic rings. The minimum atomic E-state index is 0.640. The fourth-order valence-corrected chi connectivity index (χ4v) is 7.68. The minimum Gasteiger partial charge on any atom is -0.436 e. The van der Waals surface area contributed by atoms with Gasteiger partial charge in [-0.2, -0.15) is 0 Å². The Kier molecular flexibility index (Phi) is 6.65. The summed E-state index contributed by atoms with van der Waals surface area (Å²) in [7, 11) is 0. The molecule has 2 heterocycles. The van der Waals surface area contributed by atoms with Gasteiger partial charge in [-0.25, -0.2) is 4.98 Å². The number of oxazole rings is 1. The maximum atomic E-state index is 6.45. The van der Waals surface area contributed by atoms with Crippen molar-refractivity contribution in [2.75, 3.05) is 4.90 Å². The first-order valence-electron chi connectivity index (χ1n) is 15.7. The summed E-state index contributed by atoms with van der Waals surface area (Å²) < 4.78 is 8.91. The van der Waals surface area contributed by atoms with Crippen LogP contribution in [0.3, 0.4) is 0 Å². The molecular formula is C43H28N2OS. The van der Waals surface area contributed by atoms with Gasteiger partial charge < -0.3 is 9.32 Å². The van der Waals surface area contributed by atoms with Gasteiger partial charge in [-0.3, -0.25) is 0 Å². The van der Waals surface area contributed by atoms with Crippen molar-refractivity contribution in [3.63, 3.8) is 0 Å². The van der Waals surface area contributed by atoms with Gasteiger partial charge in [-0.15, -0.1) is 11.3 Å². The number of aromatic nitrogens is 1. The molecule has 0 aliphatic heterocycles. The molecule has 9 rings (SSSR count). The normalized spacial score (nSPS) is 11.4. The molecule has 0 N–H and O–H groups in total. The second kappa shape index (κ2) is 11.4. The highest BCUT2D eigenvalue weighted by atomic mass is 32.1. The second-order valence-corrected chi connectivity index (χ2v) is 12.6. The van der Waals surface area contributed by atoms with Gasteiger partial charge in [0.05, 0.1) is 0 Å². The second-order valence-electron chi connectivity index (χ2n) is 11.6. The number of rotatable bonds is 6. The summed E-state index contributed by atoms with van der Waals surface area (Å²) >= 11 is 1.81. The van der Waals surface area contributed by atoms with Crippen LogP contribution in [0.4, 0.5) is 17.1 Å². The zero-order valence-corrected chi connectivity index (χ0v) is 26.2. The number of anilines is 3. The summed E-state index contributed by atoms with van der Waals surface area (Å²) in [4.78, 5) is 7.34. The van der Waals surface area contributed by atoms with Gasteiger partial charge in [0.25, 0.3) is 0 Å². The van der Waals surface area contributed by atoms with E-state index in [2.05, 4.69) is 144 Å². The monoisotopic (exact) mass is 620 g/mol. The number of hydrogen-bond acceptors (Lipinski definition) is 4. The molecule has 4 heteroatoms. The van der Waals surface area contributed by atoms with Crippen molar-refractivity contribution in [3.8, 4) is 33.7 Å². The number of para-hydroxylation sites is 1. The van der Waals surface area contributed by atoms with E-state index in [0.717, 1.165) is 50.2 Å². The van der Waals surface area contributed by atoms with E-state index in [1.165, 1.54) is 25.9 Å². The zero-order chi connectivity index (χ0) is 31.2.